The van der Waals surface area contributed by atoms with Crippen molar-refractivity contribution < 1.29 is 9.53 Å². The van der Waals surface area contributed by atoms with Gasteiger partial charge >= 0.3 is 5.97 Å². The Labute approximate surface area is 93.3 Å². The molecule has 1 aromatic heterocycles. The Morgan fingerprint density at radius 2 is 1.94 bits per heavy atom. The molecule has 16 heavy (non-hydrogen) atoms. The number of ether oxygens (including phenoxy) is 1. The second-order valence-electron chi connectivity index (χ2n) is 3.46. The van der Waals surface area contributed by atoms with Gasteiger partial charge in [-0.05, 0) is 36.4 Å². The van der Waals surface area contributed by atoms with Gasteiger partial charge in [0.15, 0.2) is 0 Å². The van der Waals surface area contributed by atoms with Crippen LogP contribution in [0.3, 0.4) is 0 Å². The van der Waals surface area contributed by atoms with Crippen LogP contribution in [0.1, 0.15) is 10.5 Å². The standard InChI is InChI=1S/C12H12N2O2/c1-14-8-2-3-11(14)12(15)16-10-6-4-9(13)5-7-10/h2-8H,13H2,1H3. The summed E-state index contributed by atoms with van der Waals surface area (Å²) < 4.78 is 6.89. The van der Waals surface area contributed by atoms with Gasteiger partial charge in [-0.3, -0.25) is 0 Å². The van der Waals surface area contributed by atoms with Crippen LogP contribution < -0.4 is 10.5 Å². The van der Waals surface area contributed by atoms with Crippen LogP contribution in [0.2, 0.25) is 0 Å². The van der Waals surface area contributed by atoms with E-state index < -0.39 is 0 Å². The first-order valence-corrected chi connectivity index (χ1v) is 4.86. The highest BCUT2D eigenvalue weighted by molar-refractivity contribution is 5.89. The van der Waals surface area contributed by atoms with Crippen LogP contribution in [0.5, 0.6) is 5.75 Å². The molecule has 82 valence electrons. The van der Waals surface area contributed by atoms with Crippen molar-refractivity contribution in [1.82, 2.24) is 4.57 Å². The van der Waals surface area contributed by atoms with Crippen LogP contribution in [0.15, 0.2) is 42.6 Å². The monoisotopic (exact) mass is 216 g/mol. The largest absolute Gasteiger partial charge is 0.422 e. The number of hydrogen-bond acceptors (Lipinski definition) is 3. The van der Waals surface area contributed by atoms with Gasteiger partial charge in [0.25, 0.3) is 0 Å². The fraction of sp³-hybridized carbons (Fsp3) is 0.0833. The summed E-state index contributed by atoms with van der Waals surface area (Å²) >= 11 is 0. The third-order valence-corrected chi connectivity index (χ3v) is 2.24. The average molecular weight is 216 g/mol. The zero-order valence-corrected chi connectivity index (χ0v) is 8.88. The molecule has 0 saturated heterocycles. The Balaban J connectivity index is 2.14. The maximum Gasteiger partial charge on any atom is 0.360 e. The maximum atomic E-state index is 11.7. The Kier molecular flexibility index (Phi) is 2.64. The Morgan fingerprint density at radius 1 is 1.25 bits per heavy atom. The molecular formula is C12H12N2O2. The normalized spacial score (nSPS) is 10.1. The minimum absolute atomic E-state index is 0.378. The van der Waals surface area contributed by atoms with Crippen molar-refractivity contribution in [2.45, 2.75) is 0 Å². The number of carbonyl (C=O) groups is 1. The highest BCUT2D eigenvalue weighted by Gasteiger charge is 2.10. The van der Waals surface area contributed by atoms with Crippen molar-refractivity contribution in [3.05, 3.63) is 48.3 Å². The van der Waals surface area contributed by atoms with Crippen molar-refractivity contribution >= 4 is 11.7 Å². The summed E-state index contributed by atoms with van der Waals surface area (Å²) in [6.07, 6.45) is 1.79. The maximum absolute atomic E-state index is 11.7. The second-order valence-corrected chi connectivity index (χ2v) is 3.46. The van der Waals surface area contributed by atoms with E-state index in [2.05, 4.69) is 0 Å². The molecule has 2 rings (SSSR count). The first-order chi connectivity index (χ1) is 7.66. The summed E-state index contributed by atoms with van der Waals surface area (Å²) in [6, 6.07) is 10.2. The molecule has 0 bridgehead atoms. The van der Waals surface area contributed by atoms with Gasteiger partial charge in [0.2, 0.25) is 0 Å². The topological polar surface area (TPSA) is 57.2 Å². The first-order valence-electron chi connectivity index (χ1n) is 4.86. The van der Waals surface area contributed by atoms with Crippen molar-refractivity contribution in [3.63, 3.8) is 0 Å². The van der Waals surface area contributed by atoms with Crippen LogP contribution in [0.4, 0.5) is 5.69 Å². The fourth-order valence-electron chi connectivity index (χ4n) is 1.37. The molecule has 0 saturated carbocycles. The highest BCUT2D eigenvalue weighted by atomic mass is 16.5. The highest BCUT2D eigenvalue weighted by Crippen LogP contribution is 2.15. The molecule has 0 fully saturated rings. The van der Waals surface area contributed by atoms with Gasteiger partial charge in [0.05, 0.1) is 0 Å². The first kappa shape index (κ1) is 10.3. The molecule has 0 unspecified atom stereocenters. The Hall–Kier alpha value is -2.23. The van der Waals surface area contributed by atoms with E-state index in [0.29, 0.717) is 17.1 Å². The summed E-state index contributed by atoms with van der Waals surface area (Å²) in [6.45, 7) is 0. The second kappa shape index (κ2) is 4.10. The zero-order chi connectivity index (χ0) is 11.5. The number of anilines is 1. The molecule has 0 amide bonds. The number of carbonyl (C=O) groups excluding carboxylic acids is 1. The molecule has 4 heteroatoms. The lowest BCUT2D eigenvalue weighted by atomic mass is 10.3. The van der Waals surface area contributed by atoms with E-state index in [9.17, 15) is 4.79 Å². The van der Waals surface area contributed by atoms with Gasteiger partial charge in [-0.2, -0.15) is 0 Å². The molecule has 0 aliphatic rings. The number of hydrogen-bond donors (Lipinski definition) is 1. The quantitative estimate of drug-likeness (QED) is 0.473. The lowest BCUT2D eigenvalue weighted by Gasteiger charge is -2.05. The predicted molar refractivity (Wildman–Crippen MR) is 61.2 cm³/mol. The lowest BCUT2D eigenvalue weighted by Crippen LogP contribution is -2.12. The third kappa shape index (κ3) is 2.06. The third-order valence-electron chi connectivity index (χ3n) is 2.24. The van der Waals surface area contributed by atoms with Crippen LogP contribution >= 0.6 is 0 Å². The Bertz CT molecular complexity index is 500. The van der Waals surface area contributed by atoms with Gasteiger partial charge < -0.3 is 15.0 Å². The van der Waals surface area contributed by atoms with E-state index >= 15 is 0 Å². The van der Waals surface area contributed by atoms with E-state index in [-0.39, 0.29) is 5.97 Å². The van der Waals surface area contributed by atoms with Crippen molar-refractivity contribution in [2.75, 3.05) is 5.73 Å². The minimum atomic E-state index is -0.378. The predicted octanol–water partition coefficient (Wildman–Crippen LogP) is 1.83. The van der Waals surface area contributed by atoms with Crippen molar-refractivity contribution in [1.29, 1.82) is 0 Å². The van der Waals surface area contributed by atoms with Gasteiger partial charge in [-0.1, -0.05) is 0 Å². The van der Waals surface area contributed by atoms with Gasteiger partial charge in [-0.15, -0.1) is 0 Å². The van der Waals surface area contributed by atoms with Crippen LogP contribution in [0.25, 0.3) is 0 Å². The molecule has 4 nitrogen and oxygen atoms in total. The number of benzene rings is 1. The van der Waals surface area contributed by atoms with E-state index in [0.717, 1.165) is 0 Å². The zero-order valence-electron chi connectivity index (χ0n) is 8.88. The molecular weight excluding hydrogens is 204 g/mol. The van der Waals surface area contributed by atoms with Crippen molar-refractivity contribution in [2.24, 2.45) is 7.05 Å². The summed E-state index contributed by atoms with van der Waals surface area (Å²) in [7, 11) is 1.79. The molecule has 2 N–H and O–H groups in total. The van der Waals surface area contributed by atoms with Gasteiger partial charge in [0, 0.05) is 18.9 Å². The van der Waals surface area contributed by atoms with E-state index in [1.165, 1.54) is 0 Å². The summed E-state index contributed by atoms with van der Waals surface area (Å²) in [5, 5.41) is 0. The van der Waals surface area contributed by atoms with Crippen LogP contribution in [-0.2, 0) is 7.05 Å². The van der Waals surface area contributed by atoms with E-state index in [1.807, 2.05) is 0 Å². The van der Waals surface area contributed by atoms with E-state index in [1.54, 1.807) is 54.2 Å². The minimum Gasteiger partial charge on any atom is -0.422 e. The lowest BCUT2D eigenvalue weighted by molar-refractivity contribution is 0.0725. The number of aryl methyl sites for hydroxylation is 1. The van der Waals surface area contributed by atoms with Gasteiger partial charge in [0.1, 0.15) is 11.4 Å². The van der Waals surface area contributed by atoms with E-state index in [4.69, 9.17) is 10.5 Å². The van der Waals surface area contributed by atoms with Crippen molar-refractivity contribution in [3.8, 4) is 5.75 Å². The van der Waals surface area contributed by atoms with Crippen LogP contribution in [-0.4, -0.2) is 10.5 Å². The molecule has 0 radical (unpaired) electrons. The Morgan fingerprint density at radius 3 is 2.50 bits per heavy atom. The number of esters is 1. The number of nitrogens with two attached hydrogens (primary N) is 1. The number of aromatic nitrogens is 1. The smallest absolute Gasteiger partial charge is 0.360 e. The molecule has 2 aromatic rings. The molecule has 0 aliphatic heterocycles. The number of nitrogens with zero attached hydrogens (tertiary/aromatic N) is 1. The summed E-state index contributed by atoms with van der Waals surface area (Å²) in [5.74, 6) is 0.109. The summed E-state index contributed by atoms with van der Waals surface area (Å²) in [5.41, 5.74) is 6.68. The van der Waals surface area contributed by atoms with Crippen LogP contribution in [0, 0.1) is 0 Å². The van der Waals surface area contributed by atoms with Gasteiger partial charge in [-0.25, -0.2) is 4.79 Å². The molecule has 0 atom stereocenters. The molecule has 0 spiro atoms. The molecule has 1 heterocycles. The number of nitrogen functional groups attached to an aromatic ring is 1. The summed E-state index contributed by atoms with van der Waals surface area (Å²) in [4.78, 5) is 11.7. The fourth-order valence-corrected chi connectivity index (χ4v) is 1.37. The molecule has 0 aliphatic carbocycles. The number of rotatable bonds is 2. The molecule has 1 aromatic carbocycles. The SMILES string of the molecule is Cn1cccc1C(=O)Oc1ccc(N)cc1. The average Bonchev–Trinajstić information content (AvgIpc) is 2.68.